The number of aromatic nitrogens is 3. The molecule has 33 heavy (non-hydrogen) atoms. The second kappa shape index (κ2) is 9.35. The van der Waals surface area contributed by atoms with Gasteiger partial charge in [0.15, 0.2) is 5.13 Å². The van der Waals surface area contributed by atoms with Crippen molar-refractivity contribution >= 4 is 38.3 Å². The molecule has 0 unspecified atom stereocenters. The molecule has 2 heterocycles. The van der Waals surface area contributed by atoms with Crippen LogP contribution < -0.4 is 5.32 Å². The largest absolute Gasteiger partial charge is 0.359 e. The molecular weight excluding hydrogens is 455 g/mol. The van der Waals surface area contributed by atoms with Crippen LogP contribution in [0.25, 0.3) is 21.3 Å². The first-order valence-electron chi connectivity index (χ1n) is 11.4. The number of nitrogens with zero attached hydrogens (tertiary/aromatic N) is 3. The molecule has 5 rings (SSSR count). The van der Waals surface area contributed by atoms with Crippen molar-refractivity contribution in [3.05, 3.63) is 70.5 Å². The van der Waals surface area contributed by atoms with Crippen LogP contribution in [0, 0.1) is 25.6 Å². The summed E-state index contributed by atoms with van der Waals surface area (Å²) < 4.78 is 14.7. The lowest BCUT2D eigenvalue weighted by molar-refractivity contribution is 0.334. The molecule has 4 aromatic rings. The van der Waals surface area contributed by atoms with Crippen molar-refractivity contribution in [2.75, 3.05) is 5.32 Å². The van der Waals surface area contributed by atoms with Gasteiger partial charge in [0.25, 0.3) is 0 Å². The number of halogens is 2. The SMILES string of the molecule is Cc1cc(-c2ccc(F)cc2Cl)c2nc(NC3CCC(Cc4cc(C)ncn4)CC3)sc2c1. The van der Waals surface area contributed by atoms with E-state index in [1.165, 1.54) is 25.0 Å². The minimum atomic E-state index is -0.335. The molecule has 0 bridgehead atoms. The number of fused-ring (bicyclic) bond motifs is 1. The van der Waals surface area contributed by atoms with Crippen LogP contribution in [0.15, 0.2) is 42.7 Å². The zero-order chi connectivity index (χ0) is 22.9. The maximum absolute atomic E-state index is 13.6. The second-order valence-electron chi connectivity index (χ2n) is 9.02. The summed E-state index contributed by atoms with van der Waals surface area (Å²) in [5, 5.41) is 5.01. The lowest BCUT2D eigenvalue weighted by Crippen LogP contribution is -2.27. The standard InChI is InChI=1S/C26H26ClFN4S/c1-15-9-22(21-8-5-18(28)13-23(21)27)25-24(10-15)33-26(32-25)31-19-6-3-17(4-7-19)12-20-11-16(2)29-14-30-20/h5,8-11,13-14,17,19H,3-4,6-7,12H2,1-2H3,(H,31,32). The third-order valence-electron chi connectivity index (χ3n) is 6.39. The number of anilines is 1. The Morgan fingerprint density at radius 1 is 1.03 bits per heavy atom. The molecule has 0 aliphatic heterocycles. The van der Waals surface area contributed by atoms with Crippen LogP contribution in [0.5, 0.6) is 0 Å². The first-order chi connectivity index (χ1) is 15.9. The van der Waals surface area contributed by atoms with Crippen LogP contribution in [0.1, 0.15) is 42.6 Å². The highest BCUT2D eigenvalue weighted by Gasteiger charge is 2.23. The van der Waals surface area contributed by atoms with Crippen LogP contribution in [0.3, 0.4) is 0 Å². The third kappa shape index (κ3) is 5.02. The number of rotatable bonds is 5. The van der Waals surface area contributed by atoms with Crippen LogP contribution in [-0.4, -0.2) is 21.0 Å². The van der Waals surface area contributed by atoms with Crippen molar-refractivity contribution in [3.8, 4) is 11.1 Å². The van der Waals surface area contributed by atoms with Gasteiger partial charge in [-0.15, -0.1) is 0 Å². The van der Waals surface area contributed by atoms with Crippen LogP contribution in [0.2, 0.25) is 5.02 Å². The van der Waals surface area contributed by atoms with Crippen LogP contribution >= 0.6 is 22.9 Å². The molecule has 7 heteroatoms. The topological polar surface area (TPSA) is 50.7 Å². The van der Waals surface area contributed by atoms with E-state index in [0.29, 0.717) is 17.0 Å². The van der Waals surface area contributed by atoms with Gasteiger partial charge in [0.2, 0.25) is 0 Å². The highest BCUT2D eigenvalue weighted by molar-refractivity contribution is 7.22. The predicted octanol–water partition coefficient (Wildman–Crippen LogP) is 7.38. The maximum Gasteiger partial charge on any atom is 0.184 e. The molecule has 0 atom stereocenters. The van der Waals surface area contributed by atoms with Crippen molar-refractivity contribution in [2.45, 2.75) is 52.0 Å². The molecule has 2 aromatic carbocycles. The quantitative estimate of drug-likeness (QED) is 0.324. The summed E-state index contributed by atoms with van der Waals surface area (Å²) in [7, 11) is 0. The molecule has 1 aliphatic carbocycles. The van der Waals surface area contributed by atoms with E-state index < -0.39 is 0 Å². The van der Waals surface area contributed by atoms with Gasteiger partial charge in [0.05, 0.1) is 15.2 Å². The summed E-state index contributed by atoms with van der Waals surface area (Å²) in [5.41, 5.74) is 5.98. The normalized spacial score (nSPS) is 18.5. The van der Waals surface area contributed by atoms with E-state index in [0.717, 1.165) is 62.7 Å². The Hall–Kier alpha value is -2.57. The Morgan fingerprint density at radius 2 is 1.85 bits per heavy atom. The molecule has 170 valence electrons. The first kappa shape index (κ1) is 22.2. The number of aryl methyl sites for hydroxylation is 2. The summed E-state index contributed by atoms with van der Waals surface area (Å²) in [5.74, 6) is 0.335. The molecule has 1 saturated carbocycles. The van der Waals surface area contributed by atoms with E-state index in [1.807, 2.05) is 6.92 Å². The fourth-order valence-corrected chi connectivity index (χ4v) is 6.08. The average molecular weight is 481 g/mol. The zero-order valence-electron chi connectivity index (χ0n) is 18.7. The fourth-order valence-electron chi connectivity index (χ4n) is 4.74. The first-order valence-corrected chi connectivity index (χ1v) is 12.5. The molecule has 0 spiro atoms. The van der Waals surface area contributed by atoms with E-state index in [9.17, 15) is 4.39 Å². The smallest absolute Gasteiger partial charge is 0.184 e. The zero-order valence-corrected chi connectivity index (χ0v) is 20.3. The van der Waals surface area contributed by atoms with E-state index in [4.69, 9.17) is 16.6 Å². The summed E-state index contributed by atoms with van der Waals surface area (Å²) >= 11 is 8.04. The Kier molecular flexibility index (Phi) is 6.30. The van der Waals surface area contributed by atoms with E-state index >= 15 is 0 Å². The monoisotopic (exact) mass is 480 g/mol. The Balaban J connectivity index is 1.30. The summed E-state index contributed by atoms with van der Waals surface area (Å²) in [6, 6.07) is 11.3. The van der Waals surface area contributed by atoms with Gasteiger partial charge in [-0.25, -0.2) is 19.3 Å². The number of nitrogens with one attached hydrogen (secondary N) is 1. The molecule has 1 fully saturated rings. The second-order valence-corrected chi connectivity index (χ2v) is 10.5. The van der Waals surface area contributed by atoms with Gasteiger partial charge in [-0.2, -0.15) is 0 Å². The number of hydrogen-bond acceptors (Lipinski definition) is 5. The number of hydrogen-bond donors (Lipinski definition) is 1. The minimum Gasteiger partial charge on any atom is -0.359 e. The summed E-state index contributed by atoms with van der Waals surface area (Å²) in [4.78, 5) is 13.6. The van der Waals surface area contributed by atoms with Gasteiger partial charge in [-0.05, 0) is 93.8 Å². The average Bonchev–Trinajstić information content (AvgIpc) is 3.17. The van der Waals surface area contributed by atoms with Crippen molar-refractivity contribution in [2.24, 2.45) is 5.92 Å². The van der Waals surface area contributed by atoms with Crippen molar-refractivity contribution in [1.82, 2.24) is 15.0 Å². The number of thiazole rings is 1. The lowest BCUT2D eigenvalue weighted by Gasteiger charge is -2.28. The van der Waals surface area contributed by atoms with Crippen molar-refractivity contribution < 1.29 is 4.39 Å². The van der Waals surface area contributed by atoms with Crippen molar-refractivity contribution in [3.63, 3.8) is 0 Å². The van der Waals surface area contributed by atoms with Gasteiger partial charge in [0.1, 0.15) is 12.1 Å². The highest BCUT2D eigenvalue weighted by Crippen LogP contribution is 2.39. The maximum atomic E-state index is 13.6. The Labute approximate surface area is 202 Å². The summed E-state index contributed by atoms with van der Waals surface area (Å²) in [6.45, 7) is 4.08. The third-order valence-corrected chi connectivity index (χ3v) is 7.64. The molecule has 1 N–H and O–H groups in total. The molecule has 0 saturated heterocycles. The van der Waals surface area contributed by atoms with Gasteiger partial charge in [-0.1, -0.05) is 22.9 Å². The molecule has 0 radical (unpaired) electrons. The molecule has 1 aliphatic rings. The van der Waals surface area contributed by atoms with Gasteiger partial charge < -0.3 is 5.32 Å². The van der Waals surface area contributed by atoms with E-state index in [2.05, 4.69) is 40.4 Å². The van der Waals surface area contributed by atoms with E-state index in [1.54, 1.807) is 23.7 Å². The molecule has 2 aromatic heterocycles. The Morgan fingerprint density at radius 3 is 2.61 bits per heavy atom. The van der Waals surface area contributed by atoms with E-state index in [-0.39, 0.29) is 5.82 Å². The molecular formula is C26H26ClFN4S. The summed E-state index contributed by atoms with van der Waals surface area (Å²) in [6.07, 6.45) is 7.31. The van der Waals surface area contributed by atoms with Crippen LogP contribution in [-0.2, 0) is 6.42 Å². The minimum absolute atomic E-state index is 0.335. The lowest BCUT2D eigenvalue weighted by atomic mass is 9.83. The fraction of sp³-hybridized carbons (Fsp3) is 0.346. The highest BCUT2D eigenvalue weighted by atomic mass is 35.5. The van der Waals surface area contributed by atoms with Gasteiger partial charge >= 0.3 is 0 Å². The van der Waals surface area contributed by atoms with Crippen molar-refractivity contribution in [1.29, 1.82) is 0 Å². The van der Waals surface area contributed by atoms with Gasteiger partial charge in [0, 0.05) is 28.6 Å². The number of benzene rings is 2. The Bertz CT molecular complexity index is 1300. The van der Waals surface area contributed by atoms with Crippen LogP contribution in [0.4, 0.5) is 9.52 Å². The molecule has 0 amide bonds. The van der Waals surface area contributed by atoms with Gasteiger partial charge in [-0.3, -0.25) is 0 Å². The predicted molar refractivity (Wildman–Crippen MR) is 135 cm³/mol. The molecule has 4 nitrogen and oxygen atoms in total.